The van der Waals surface area contributed by atoms with Gasteiger partial charge in [0.05, 0.1) is 17.0 Å². The van der Waals surface area contributed by atoms with E-state index in [1.165, 1.54) is 28.4 Å². The van der Waals surface area contributed by atoms with Gasteiger partial charge in [0.15, 0.2) is 5.43 Å². The lowest BCUT2D eigenvalue weighted by Crippen LogP contribution is -2.29. The second kappa shape index (κ2) is 7.02. The monoisotopic (exact) mass is 433 g/mol. The van der Waals surface area contributed by atoms with Crippen LogP contribution in [0.15, 0.2) is 45.6 Å². The summed E-state index contributed by atoms with van der Waals surface area (Å²) in [7, 11) is 0. The van der Waals surface area contributed by atoms with E-state index in [0.29, 0.717) is 28.1 Å². The molecule has 7 nitrogen and oxygen atoms in total. The number of hydrogen-bond donors (Lipinski definition) is 1. The number of phenols is 1. The van der Waals surface area contributed by atoms with Crippen molar-refractivity contribution >= 4 is 33.3 Å². The zero-order valence-electron chi connectivity index (χ0n) is 17.2. The Hall–Kier alpha value is -3.52. The lowest BCUT2D eigenvalue weighted by molar-refractivity contribution is 0.0970. The molecule has 1 amide bonds. The number of carbonyl (C=O) groups is 1. The number of benzene rings is 2. The lowest BCUT2D eigenvalue weighted by atomic mass is 9.97. The number of aromatic nitrogens is 2. The minimum atomic E-state index is -0.719. The van der Waals surface area contributed by atoms with Crippen LogP contribution in [0.4, 0.5) is 5.13 Å². The molecule has 1 aliphatic heterocycles. The summed E-state index contributed by atoms with van der Waals surface area (Å²) >= 11 is 1.31. The van der Waals surface area contributed by atoms with Crippen molar-refractivity contribution in [3.05, 3.63) is 79.6 Å². The first kappa shape index (κ1) is 19.4. The highest BCUT2D eigenvalue weighted by atomic mass is 32.1. The molecule has 0 radical (unpaired) electrons. The van der Waals surface area contributed by atoms with Crippen molar-refractivity contribution in [2.24, 2.45) is 0 Å². The second-order valence-corrected chi connectivity index (χ2v) is 8.65. The van der Waals surface area contributed by atoms with Crippen molar-refractivity contribution in [3.8, 4) is 5.75 Å². The Bertz CT molecular complexity index is 1410. The largest absolute Gasteiger partial charge is 0.508 e. The highest BCUT2D eigenvalue weighted by molar-refractivity contribution is 7.15. The Morgan fingerprint density at radius 2 is 1.81 bits per heavy atom. The van der Waals surface area contributed by atoms with Gasteiger partial charge in [-0.3, -0.25) is 14.5 Å². The topological polar surface area (TPSA) is 96.5 Å². The van der Waals surface area contributed by atoms with E-state index in [9.17, 15) is 14.7 Å². The Morgan fingerprint density at radius 1 is 1.10 bits per heavy atom. The van der Waals surface area contributed by atoms with Gasteiger partial charge in [-0.2, -0.15) is 0 Å². The number of carbonyl (C=O) groups excluding carboxylic acids is 1. The standard InChI is InChI=1S/C23H19N3O4S/c1-4-17-24-25-23(31-17)26-19(13-5-7-14(27)8-6-13)18-20(28)15-9-11(2)12(3)10-16(15)30-21(18)22(26)29/h5-10,19,27H,4H2,1-3H3. The third-order valence-electron chi connectivity index (χ3n) is 5.66. The van der Waals surface area contributed by atoms with Crippen LogP contribution in [0.5, 0.6) is 5.75 Å². The van der Waals surface area contributed by atoms with Crippen molar-refractivity contribution < 1.29 is 14.3 Å². The average molecular weight is 433 g/mol. The highest BCUT2D eigenvalue weighted by Crippen LogP contribution is 2.42. The molecule has 3 heterocycles. The molecule has 1 N–H and O–H groups in total. The predicted octanol–water partition coefficient (Wildman–Crippen LogP) is 4.28. The third-order valence-corrected chi connectivity index (χ3v) is 6.73. The number of nitrogens with zero attached hydrogens (tertiary/aromatic N) is 3. The first-order chi connectivity index (χ1) is 14.9. The van der Waals surface area contributed by atoms with Gasteiger partial charge in [-0.25, -0.2) is 0 Å². The van der Waals surface area contributed by atoms with Gasteiger partial charge in [0, 0.05) is 0 Å². The smallest absolute Gasteiger partial charge is 0.297 e. The van der Waals surface area contributed by atoms with Crippen LogP contribution in [-0.2, 0) is 6.42 Å². The lowest BCUT2D eigenvalue weighted by Gasteiger charge is -2.22. The maximum absolute atomic E-state index is 13.6. The summed E-state index contributed by atoms with van der Waals surface area (Å²) in [6, 6.07) is 9.33. The second-order valence-electron chi connectivity index (χ2n) is 7.61. The summed E-state index contributed by atoms with van der Waals surface area (Å²) in [6.07, 6.45) is 0.691. The number of fused-ring (bicyclic) bond motifs is 2. The molecule has 8 heteroatoms. The van der Waals surface area contributed by atoms with Crippen LogP contribution in [0.3, 0.4) is 0 Å². The molecule has 5 rings (SSSR count). The van der Waals surface area contributed by atoms with Gasteiger partial charge in [-0.1, -0.05) is 30.4 Å². The van der Waals surface area contributed by atoms with E-state index in [1.807, 2.05) is 20.8 Å². The van der Waals surface area contributed by atoms with Crippen LogP contribution in [0.2, 0.25) is 0 Å². The molecule has 0 spiro atoms. The van der Waals surface area contributed by atoms with Crippen LogP contribution >= 0.6 is 11.3 Å². The molecule has 1 unspecified atom stereocenters. The number of amides is 1. The average Bonchev–Trinajstić information content (AvgIpc) is 3.33. The van der Waals surface area contributed by atoms with Crippen LogP contribution < -0.4 is 10.3 Å². The maximum atomic E-state index is 13.6. The Morgan fingerprint density at radius 3 is 2.48 bits per heavy atom. The van der Waals surface area contributed by atoms with Gasteiger partial charge in [0.2, 0.25) is 10.9 Å². The van der Waals surface area contributed by atoms with Gasteiger partial charge in [0.1, 0.15) is 16.3 Å². The summed E-state index contributed by atoms with van der Waals surface area (Å²) in [5, 5.41) is 19.7. The van der Waals surface area contributed by atoms with Gasteiger partial charge >= 0.3 is 0 Å². The molecule has 0 aliphatic carbocycles. The Kier molecular flexibility index (Phi) is 4.40. The molecule has 2 aromatic carbocycles. The van der Waals surface area contributed by atoms with Crippen molar-refractivity contribution in [2.75, 3.05) is 4.90 Å². The molecule has 31 heavy (non-hydrogen) atoms. The third kappa shape index (κ3) is 2.94. The molecule has 156 valence electrons. The van der Waals surface area contributed by atoms with E-state index in [2.05, 4.69) is 10.2 Å². The summed E-state index contributed by atoms with van der Waals surface area (Å²) < 4.78 is 6.01. The molecule has 1 aliphatic rings. The van der Waals surface area contributed by atoms with Crippen LogP contribution in [-0.4, -0.2) is 21.2 Å². The van der Waals surface area contributed by atoms with Crippen LogP contribution in [0.25, 0.3) is 11.0 Å². The normalized spacial score (nSPS) is 15.6. The van der Waals surface area contributed by atoms with Crippen LogP contribution in [0.1, 0.15) is 50.8 Å². The minimum absolute atomic E-state index is 0.0204. The maximum Gasteiger partial charge on any atom is 0.297 e. The van der Waals surface area contributed by atoms with Gasteiger partial charge in [-0.05, 0) is 61.2 Å². The fourth-order valence-corrected chi connectivity index (χ4v) is 4.69. The summed E-state index contributed by atoms with van der Waals surface area (Å²) in [5.74, 6) is -0.308. The molecular formula is C23H19N3O4S. The number of anilines is 1. The summed E-state index contributed by atoms with van der Waals surface area (Å²) in [5.41, 5.74) is 3.04. The van der Waals surface area contributed by atoms with Gasteiger partial charge < -0.3 is 9.52 Å². The number of rotatable bonds is 3. The number of hydrogen-bond acceptors (Lipinski definition) is 7. The molecule has 0 fully saturated rings. The SMILES string of the molecule is CCc1nnc(N2C(=O)c3oc4cc(C)c(C)cc4c(=O)c3C2c2ccc(O)cc2)s1. The van der Waals surface area contributed by atoms with E-state index < -0.39 is 11.9 Å². The number of phenolic OH excluding ortho intramolecular Hbond substituents is 1. The van der Waals surface area contributed by atoms with Crippen molar-refractivity contribution in [1.82, 2.24) is 10.2 Å². The van der Waals surface area contributed by atoms with Crippen LogP contribution in [0, 0.1) is 13.8 Å². The predicted molar refractivity (Wildman–Crippen MR) is 118 cm³/mol. The highest BCUT2D eigenvalue weighted by Gasteiger charge is 2.45. The van der Waals surface area contributed by atoms with E-state index in [1.54, 1.807) is 24.3 Å². The molecule has 2 aromatic heterocycles. The Labute approximate surface area is 181 Å². The Balaban J connectivity index is 1.81. The number of aryl methyl sites for hydroxylation is 3. The fraction of sp³-hybridized carbons (Fsp3) is 0.217. The van der Waals surface area contributed by atoms with E-state index in [-0.39, 0.29) is 22.5 Å². The van der Waals surface area contributed by atoms with E-state index in [4.69, 9.17) is 4.42 Å². The quantitative estimate of drug-likeness (QED) is 0.518. The first-order valence-corrected chi connectivity index (χ1v) is 10.7. The summed E-state index contributed by atoms with van der Waals surface area (Å²) in [4.78, 5) is 28.5. The first-order valence-electron chi connectivity index (χ1n) is 9.92. The van der Waals surface area contributed by atoms with E-state index in [0.717, 1.165) is 16.1 Å². The van der Waals surface area contributed by atoms with Gasteiger partial charge in [-0.15, -0.1) is 10.2 Å². The summed E-state index contributed by atoms with van der Waals surface area (Å²) in [6.45, 7) is 5.83. The number of aromatic hydroxyl groups is 1. The molecule has 0 saturated carbocycles. The zero-order chi connectivity index (χ0) is 21.9. The molecule has 0 bridgehead atoms. The molecule has 1 atom stereocenters. The van der Waals surface area contributed by atoms with E-state index >= 15 is 0 Å². The molecule has 0 saturated heterocycles. The molecule has 4 aromatic rings. The van der Waals surface area contributed by atoms with Crippen molar-refractivity contribution in [2.45, 2.75) is 33.2 Å². The fourth-order valence-electron chi connectivity index (χ4n) is 3.88. The van der Waals surface area contributed by atoms with Gasteiger partial charge in [0.25, 0.3) is 5.91 Å². The van der Waals surface area contributed by atoms with Crippen molar-refractivity contribution in [1.29, 1.82) is 0 Å². The zero-order valence-corrected chi connectivity index (χ0v) is 18.0. The minimum Gasteiger partial charge on any atom is -0.508 e. The van der Waals surface area contributed by atoms with Crippen molar-refractivity contribution in [3.63, 3.8) is 0 Å². The molecular weight excluding hydrogens is 414 g/mol.